The van der Waals surface area contributed by atoms with Gasteiger partial charge >= 0.3 is 0 Å². The highest BCUT2D eigenvalue weighted by molar-refractivity contribution is 4.83. The second-order valence-electron chi connectivity index (χ2n) is 4.98. The Morgan fingerprint density at radius 1 is 1.56 bits per heavy atom. The Kier molecular flexibility index (Phi) is 5.69. The lowest BCUT2D eigenvalue weighted by Gasteiger charge is -2.35. The fourth-order valence-electron chi connectivity index (χ4n) is 2.15. The molecule has 0 spiro atoms. The lowest BCUT2D eigenvalue weighted by molar-refractivity contribution is -0.0215. The zero-order valence-corrected chi connectivity index (χ0v) is 10.8. The molecule has 0 aromatic carbocycles. The quantitative estimate of drug-likeness (QED) is 0.696. The molecule has 2 unspecified atom stereocenters. The monoisotopic (exact) mass is 230 g/mol. The predicted molar refractivity (Wildman–Crippen MR) is 65.6 cm³/mol. The van der Waals surface area contributed by atoms with Gasteiger partial charge in [0.15, 0.2) is 0 Å². The normalized spacial score (nSPS) is 26.6. The summed E-state index contributed by atoms with van der Waals surface area (Å²) in [5.74, 6) is 0. The molecule has 96 valence electrons. The van der Waals surface area contributed by atoms with Gasteiger partial charge in [0.05, 0.1) is 19.3 Å². The van der Waals surface area contributed by atoms with Crippen molar-refractivity contribution in [3.05, 3.63) is 0 Å². The van der Waals surface area contributed by atoms with Crippen LogP contribution >= 0.6 is 0 Å². The Bertz CT molecular complexity index is 201. The van der Waals surface area contributed by atoms with Gasteiger partial charge in [-0.05, 0) is 26.8 Å². The number of rotatable bonds is 6. The number of aliphatic hydroxyl groups excluding tert-OH is 1. The fourth-order valence-corrected chi connectivity index (χ4v) is 2.15. The van der Waals surface area contributed by atoms with E-state index in [0.29, 0.717) is 6.10 Å². The number of likely N-dealkylation sites (N-methyl/N-ethyl adjacent to an activating group) is 1. The molecule has 1 aliphatic heterocycles. The maximum Gasteiger partial charge on any atom is 0.0674 e. The molecule has 1 fully saturated rings. The van der Waals surface area contributed by atoms with Gasteiger partial charge in [0.1, 0.15) is 0 Å². The van der Waals surface area contributed by atoms with Gasteiger partial charge in [-0.3, -0.25) is 4.90 Å². The molecule has 4 heteroatoms. The maximum atomic E-state index is 9.39. The molecule has 0 saturated carbocycles. The molecule has 0 aliphatic carbocycles. The molecule has 2 N–H and O–H groups in total. The van der Waals surface area contributed by atoms with Crippen molar-refractivity contribution in [3.63, 3.8) is 0 Å². The Morgan fingerprint density at radius 2 is 2.31 bits per heavy atom. The number of hydrogen-bond acceptors (Lipinski definition) is 4. The van der Waals surface area contributed by atoms with E-state index >= 15 is 0 Å². The Labute approximate surface area is 99.0 Å². The lowest BCUT2D eigenvalue weighted by Crippen LogP contribution is -2.49. The van der Waals surface area contributed by atoms with Crippen molar-refractivity contribution in [3.8, 4) is 0 Å². The number of nitrogens with zero attached hydrogens (tertiary/aromatic N) is 1. The number of ether oxygens (including phenoxy) is 1. The molecule has 1 aliphatic rings. The second kappa shape index (κ2) is 6.55. The van der Waals surface area contributed by atoms with Gasteiger partial charge in [0.2, 0.25) is 0 Å². The van der Waals surface area contributed by atoms with Crippen LogP contribution in [0.1, 0.15) is 27.2 Å². The highest BCUT2D eigenvalue weighted by atomic mass is 16.5. The van der Waals surface area contributed by atoms with Crippen LogP contribution in [0.15, 0.2) is 0 Å². The van der Waals surface area contributed by atoms with E-state index in [1.807, 2.05) is 0 Å². The van der Waals surface area contributed by atoms with Gasteiger partial charge in [0, 0.05) is 25.2 Å². The number of morpholine rings is 1. The third kappa shape index (κ3) is 4.37. The average molecular weight is 230 g/mol. The second-order valence-corrected chi connectivity index (χ2v) is 4.98. The summed E-state index contributed by atoms with van der Waals surface area (Å²) in [7, 11) is 0. The first-order valence-electron chi connectivity index (χ1n) is 6.29. The van der Waals surface area contributed by atoms with Crippen molar-refractivity contribution < 1.29 is 9.84 Å². The number of aliphatic hydroxyl groups is 1. The summed E-state index contributed by atoms with van der Waals surface area (Å²) in [5, 5.41) is 12.7. The minimum atomic E-state index is -0.143. The number of nitrogens with one attached hydrogen (secondary N) is 1. The van der Waals surface area contributed by atoms with Crippen LogP contribution in [0.3, 0.4) is 0 Å². The number of hydrogen-bond donors (Lipinski definition) is 2. The largest absolute Gasteiger partial charge is 0.394 e. The molecule has 1 rings (SSSR count). The minimum Gasteiger partial charge on any atom is -0.394 e. The van der Waals surface area contributed by atoms with Crippen LogP contribution in [-0.2, 0) is 4.74 Å². The SMILES string of the molecule is CCNC(C)(CO)CCN1CCOC(C)C1. The first-order valence-corrected chi connectivity index (χ1v) is 6.29. The molecule has 4 nitrogen and oxygen atoms in total. The van der Waals surface area contributed by atoms with Crippen molar-refractivity contribution in [1.82, 2.24) is 10.2 Å². The fraction of sp³-hybridized carbons (Fsp3) is 1.00. The van der Waals surface area contributed by atoms with E-state index in [-0.39, 0.29) is 12.1 Å². The van der Waals surface area contributed by atoms with Gasteiger partial charge in [-0.15, -0.1) is 0 Å². The van der Waals surface area contributed by atoms with E-state index in [1.165, 1.54) is 0 Å². The molecule has 1 heterocycles. The van der Waals surface area contributed by atoms with Crippen LogP contribution in [0, 0.1) is 0 Å². The summed E-state index contributed by atoms with van der Waals surface area (Å²) < 4.78 is 5.51. The summed E-state index contributed by atoms with van der Waals surface area (Å²) >= 11 is 0. The lowest BCUT2D eigenvalue weighted by atomic mass is 9.98. The highest BCUT2D eigenvalue weighted by Gasteiger charge is 2.24. The van der Waals surface area contributed by atoms with Crippen molar-refractivity contribution in [2.75, 3.05) is 39.4 Å². The molecule has 0 aromatic rings. The minimum absolute atomic E-state index is 0.143. The zero-order chi connectivity index (χ0) is 12.0. The molecule has 16 heavy (non-hydrogen) atoms. The van der Waals surface area contributed by atoms with Crippen LogP contribution in [0.25, 0.3) is 0 Å². The summed E-state index contributed by atoms with van der Waals surface area (Å²) in [6.07, 6.45) is 1.32. The molecular weight excluding hydrogens is 204 g/mol. The summed E-state index contributed by atoms with van der Waals surface area (Å²) in [6, 6.07) is 0. The van der Waals surface area contributed by atoms with E-state index in [4.69, 9.17) is 4.74 Å². The Hall–Kier alpha value is -0.160. The van der Waals surface area contributed by atoms with E-state index in [1.54, 1.807) is 0 Å². The van der Waals surface area contributed by atoms with Crippen molar-refractivity contribution in [1.29, 1.82) is 0 Å². The first-order chi connectivity index (χ1) is 7.59. The summed E-state index contributed by atoms with van der Waals surface area (Å²) in [5.41, 5.74) is -0.143. The molecular formula is C12H26N2O2. The van der Waals surface area contributed by atoms with E-state index in [0.717, 1.165) is 39.2 Å². The van der Waals surface area contributed by atoms with Crippen molar-refractivity contribution >= 4 is 0 Å². The summed E-state index contributed by atoms with van der Waals surface area (Å²) in [6.45, 7) is 11.2. The Balaban J connectivity index is 2.31. The van der Waals surface area contributed by atoms with E-state index in [2.05, 4.69) is 31.0 Å². The van der Waals surface area contributed by atoms with Crippen molar-refractivity contribution in [2.45, 2.75) is 38.8 Å². The van der Waals surface area contributed by atoms with Crippen LogP contribution in [0.4, 0.5) is 0 Å². The molecule has 0 aromatic heterocycles. The third-order valence-electron chi connectivity index (χ3n) is 3.26. The van der Waals surface area contributed by atoms with E-state index < -0.39 is 0 Å². The zero-order valence-electron chi connectivity index (χ0n) is 10.8. The molecule has 0 amide bonds. The standard InChI is InChI=1S/C12H26N2O2/c1-4-13-12(3,10-15)5-6-14-7-8-16-11(2)9-14/h11,13,15H,4-10H2,1-3H3. The van der Waals surface area contributed by atoms with Gasteiger partial charge in [-0.2, -0.15) is 0 Å². The molecule has 0 bridgehead atoms. The van der Waals surface area contributed by atoms with Gasteiger partial charge < -0.3 is 15.2 Å². The maximum absolute atomic E-state index is 9.39. The first kappa shape index (κ1) is 13.9. The van der Waals surface area contributed by atoms with Gasteiger partial charge in [-0.25, -0.2) is 0 Å². The van der Waals surface area contributed by atoms with Gasteiger partial charge in [-0.1, -0.05) is 6.92 Å². The van der Waals surface area contributed by atoms with Crippen LogP contribution in [0.5, 0.6) is 0 Å². The molecule has 2 atom stereocenters. The third-order valence-corrected chi connectivity index (χ3v) is 3.26. The van der Waals surface area contributed by atoms with Crippen molar-refractivity contribution in [2.24, 2.45) is 0 Å². The summed E-state index contributed by atoms with van der Waals surface area (Å²) in [4.78, 5) is 2.42. The van der Waals surface area contributed by atoms with E-state index in [9.17, 15) is 5.11 Å². The Morgan fingerprint density at radius 3 is 2.88 bits per heavy atom. The highest BCUT2D eigenvalue weighted by Crippen LogP contribution is 2.12. The van der Waals surface area contributed by atoms with Crippen LogP contribution in [-0.4, -0.2) is 61.0 Å². The smallest absolute Gasteiger partial charge is 0.0674 e. The van der Waals surface area contributed by atoms with Crippen LogP contribution < -0.4 is 5.32 Å². The molecule has 0 radical (unpaired) electrons. The molecule has 1 saturated heterocycles. The topological polar surface area (TPSA) is 44.7 Å². The predicted octanol–water partition coefficient (Wildman–Crippen LogP) is 0.458. The van der Waals surface area contributed by atoms with Gasteiger partial charge in [0.25, 0.3) is 0 Å². The van der Waals surface area contributed by atoms with Crippen LogP contribution in [0.2, 0.25) is 0 Å². The average Bonchev–Trinajstić information content (AvgIpc) is 2.27.